The van der Waals surface area contributed by atoms with Gasteiger partial charge in [0, 0.05) is 31.4 Å². The van der Waals surface area contributed by atoms with Crippen molar-refractivity contribution in [1.82, 2.24) is 10.6 Å². The van der Waals surface area contributed by atoms with Crippen LogP contribution in [0.4, 0.5) is 14.9 Å². The van der Waals surface area contributed by atoms with Crippen molar-refractivity contribution in [3.63, 3.8) is 0 Å². The molecule has 1 aromatic rings. The van der Waals surface area contributed by atoms with Crippen LogP contribution in [0.2, 0.25) is 5.02 Å². The van der Waals surface area contributed by atoms with Gasteiger partial charge in [-0.2, -0.15) is 0 Å². The molecule has 0 aromatic heterocycles. The Bertz CT molecular complexity index is 939. The molecule has 0 radical (unpaired) electrons. The van der Waals surface area contributed by atoms with Gasteiger partial charge in [0.25, 0.3) is 0 Å². The monoisotopic (exact) mass is 431 g/mol. The summed E-state index contributed by atoms with van der Waals surface area (Å²) in [6.07, 6.45) is 3.49. The SMILES string of the molecule is O=C(NCC1(O)C2C3CC4C5C3CC2C5C41)NC1CCN(c2ccc(F)c(Cl)c2)C1. The average Bonchev–Trinajstić information content (AvgIpc) is 3.39. The highest BCUT2D eigenvalue weighted by Crippen LogP contribution is 2.85. The Labute approximate surface area is 180 Å². The second-order valence-corrected chi connectivity index (χ2v) is 11.1. The number of hydrogen-bond donors (Lipinski definition) is 3. The number of amides is 2. The summed E-state index contributed by atoms with van der Waals surface area (Å²) >= 11 is 5.90. The Morgan fingerprint density at radius 3 is 2.83 bits per heavy atom. The van der Waals surface area contributed by atoms with Gasteiger partial charge in [-0.15, -0.1) is 0 Å². The number of nitrogens with zero attached hydrogens (tertiary/aromatic N) is 1. The molecule has 0 spiro atoms. The normalized spacial score (nSPS) is 48.5. The van der Waals surface area contributed by atoms with Gasteiger partial charge >= 0.3 is 6.03 Å². The summed E-state index contributed by atoms with van der Waals surface area (Å²) in [5.41, 5.74) is 0.186. The second kappa shape index (κ2) is 5.83. The molecule has 1 aliphatic heterocycles. The molecule has 1 aromatic carbocycles. The fourth-order valence-corrected chi connectivity index (χ4v) is 9.39. The number of benzene rings is 1. The van der Waals surface area contributed by atoms with Gasteiger partial charge in [0.1, 0.15) is 5.82 Å². The molecule has 6 aliphatic rings. The van der Waals surface area contributed by atoms with Crippen LogP contribution < -0.4 is 15.5 Å². The molecule has 5 aliphatic carbocycles. The number of anilines is 1. The molecule has 30 heavy (non-hydrogen) atoms. The van der Waals surface area contributed by atoms with Crippen LogP contribution in [-0.2, 0) is 0 Å². The van der Waals surface area contributed by atoms with E-state index in [0.29, 0.717) is 30.8 Å². The van der Waals surface area contributed by atoms with E-state index in [1.165, 1.54) is 18.9 Å². The molecule has 3 N–H and O–H groups in total. The molecular weight excluding hydrogens is 405 g/mol. The summed E-state index contributed by atoms with van der Waals surface area (Å²) in [7, 11) is 0. The number of fused-ring (bicyclic) bond motifs is 2. The van der Waals surface area contributed by atoms with Crippen molar-refractivity contribution in [2.75, 3.05) is 24.5 Å². The maximum absolute atomic E-state index is 13.4. The zero-order valence-corrected chi connectivity index (χ0v) is 17.5. The lowest BCUT2D eigenvalue weighted by Gasteiger charge is -2.51. The quantitative estimate of drug-likeness (QED) is 0.686. The lowest BCUT2D eigenvalue weighted by molar-refractivity contribution is -0.126. The molecule has 5 nitrogen and oxygen atoms in total. The van der Waals surface area contributed by atoms with Crippen molar-refractivity contribution >= 4 is 23.3 Å². The van der Waals surface area contributed by atoms with E-state index in [1.54, 1.807) is 12.1 Å². The summed E-state index contributed by atoms with van der Waals surface area (Å²) < 4.78 is 13.4. The fraction of sp³-hybridized carbons (Fsp3) is 0.696. The molecule has 1 heterocycles. The summed E-state index contributed by atoms with van der Waals surface area (Å²) in [6, 6.07) is 4.57. The third-order valence-corrected chi connectivity index (χ3v) is 10.1. The van der Waals surface area contributed by atoms with Gasteiger partial charge in [-0.25, -0.2) is 9.18 Å². The average molecular weight is 432 g/mol. The minimum atomic E-state index is -0.686. The largest absolute Gasteiger partial charge is 0.387 e. The Balaban J connectivity index is 0.972. The van der Waals surface area contributed by atoms with E-state index in [2.05, 4.69) is 15.5 Å². The van der Waals surface area contributed by atoms with Gasteiger partial charge < -0.3 is 20.6 Å². The maximum Gasteiger partial charge on any atom is 0.315 e. The van der Waals surface area contributed by atoms with Gasteiger partial charge in [0.05, 0.1) is 10.6 Å². The van der Waals surface area contributed by atoms with E-state index < -0.39 is 11.4 Å². The third-order valence-electron chi connectivity index (χ3n) is 9.84. The highest BCUT2D eigenvalue weighted by atomic mass is 35.5. The van der Waals surface area contributed by atoms with E-state index in [0.717, 1.165) is 48.2 Å². The van der Waals surface area contributed by atoms with Crippen molar-refractivity contribution in [3.05, 3.63) is 29.0 Å². The summed E-state index contributed by atoms with van der Waals surface area (Å²) in [5.74, 6) is 5.07. The lowest BCUT2D eigenvalue weighted by atomic mass is 9.56. The van der Waals surface area contributed by atoms with Crippen LogP contribution in [0.1, 0.15) is 19.3 Å². The fourth-order valence-electron chi connectivity index (χ4n) is 9.21. The smallest absolute Gasteiger partial charge is 0.315 e. The molecule has 2 amide bonds. The van der Waals surface area contributed by atoms with Crippen LogP contribution in [0.5, 0.6) is 0 Å². The summed E-state index contributed by atoms with van der Waals surface area (Å²) in [4.78, 5) is 14.7. The highest BCUT2D eigenvalue weighted by Gasteiger charge is 2.84. The van der Waals surface area contributed by atoms with Gasteiger partial charge in [-0.3, -0.25) is 0 Å². The molecule has 10 atom stereocenters. The molecule has 160 valence electrons. The van der Waals surface area contributed by atoms with E-state index in [9.17, 15) is 14.3 Å². The minimum Gasteiger partial charge on any atom is -0.387 e. The zero-order valence-electron chi connectivity index (χ0n) is 16.7. The van der Waals surface area contributed by atoms with Crippen molar-refractivity contribution in [1.29, 1.82) is 0 Å². The van der Waals surface area contributed by atoms with Crippen LogP contribution in [0.3, 0.4) is 0 Å². The molecule has 2 bridgehead atoms. The van der Waals surface area contributed by atoms with E-state index in [4.69, 9.17) is 11.6 Å². The van der Waals surface area contributed by atoms with Crippen LogP contribution >= 0.6 is 11.6 Å². The number of urea groups is 1. The molecule has 7 heteroatoms. The highest BCUT2D eigenvalue weighted by molar-refractivity contribution is 6.31. The van der Waals surface area contributed by atoms with Crippen LogP contribution in [0, 0.1) is 53.2 Å². The van der Waals surface area contributed by atoms with Crippen LogP contribution in [0.25, 0.3) is 0 Å². The Kier molecular flexibility index (Phi) is 3.51. The van der Waals surface area contributed by atoms with Crippen molar-refractivity contribution in [3.8, 4) is 0 Å². The molecule has 5 saturated carbocycles. The number of nitrogens with one attached hydrogen (secondary N) is 2. The number of rotatable bonds is 4. The Morgan fingerprint density at radius 2 is 2.00 bits per heavy atom. The molecule has 10 unspecified atom stereocenters. The summed E-state index contributed by atoms with van der Waals surface area (Å²) in [5, 5.41) is 17.8. The predicted molar refractivity (Wildman–Crippen MR) is 111 cm³/mol. The van der Waals surface area contributed by atoms with Gasteiger partial charge in [0.2, 0.25) is 0 Å². The van der Waals surface area contributed by atoms with Crippen molar-refractivity contribution < 1.29 is 14.3 Å². The first-order valence-corrected chi connectivity index (χ1v) is 11.8. The zero-order chi connectivity index (χ0) is 20.4. The van der Waals surface area contributed by atoms with E-state index >= 15 is 0 Å². The van der Waals surface area contributed by atoms with Crippen LogP contribution in [-0.4, -0.2) is 42.4 Å². The van der Waals surface area contributed by atoms with Gasteiger partial charge in [0.15, 0.2) is 0 Å². The second-order valence-electron chi connectivity index (χ2n) is 10.7. The number of halogens is 2. The van der Waals surface area contributed by atoms with Gasteiger partial charge in [-0.05, 0) is 84.8 Å². The van der Waals surface area contributed by atoms with E-state index in [-0.39, 0.29) is 17.1 Å². The Morgan fingerprint density at radius 1 is 1.20 bits per heavy atom. The Hall–Kier alpha value is -1.53. The molecule has 7 rings (SSSR count). The van der Waals surface area contributed by atoms with Crippen molar-refractivity contribution in [2.45, 2.75) is 30.9 Å². The summed E-state index contributed by atoms with van der Waals surface area (Å²) in [6.45, 7) is 1.84. The van der Waals surface area contributed by atoms with Gasteiger partial charge in [-0.1, -0.05) is 11.6 Å². The predicted octanol–water partition coefficient (Wildman–Crippen LogP) is 2.87. The molecule has 1 saturated heterocycles. The number of carbonyl (C=O) groups is 1. The number of aliphatic hydroxyl groups is 1. The maximum atomic E-state index is 13.4. The first-order chi connectivity index (χ1) is 14.5. The topological polar surface area (TPSA) is 64.6 Å². The minimum absolute atomic E-state index is 0.0283. The first kappa shape index (κ1) is 18.1. The van der Waals surface area contributed by atoms with E-state index in [1.807, 2.05) is 0 Å². The number of hydrogen-bond acceptors (Lipinski definition) is 3. The third kappa shape index (κ3) is 2.10. The standard InChI is InChI=1S/C23H27ClFN3O2/c24-16-5-11(1-2-17(16)25)28-4-3-10(8-28)27-22(29)26-9-23(30)20-13-7-14-18-12(13)6-15(20)19(18)21(14)23/h1-2,5,10,12-15,18-21,30H,3-4,6-9H2,(H2,26,27,29). The first-order valence-electron chi connectivity index (χ1n) is 11.4. The number of carbonyl (C=O) groups excluding carboxylic acids is 1. The van der Waals surface area contributed by atoms with Crippen LogP contribution in [0.15, 0.2) is 18.2 Å². The lowest BCUT2D eigenvalue weighted by Crippen LogP contribution is -2.60. The molecule has 6 fully saturated rings. The van der Waals surface area contributed by atoms with Crippen molar-refractivity contribution in [2.24, 2.45) is 47.3 Å². The molecular formula is C23H27ClFN3O2.